The Bertz CT molecular complexity index is 1210. The van der Waals surface area contributed by atoms with Gasteiger partial charge in [-0.1, -0.05) is 30.3 Å². The first-order valence-corrected chi connectivity index (χ1v) is 11.3. The van der Waals surface area contributed by atoms with Crippen molar-refractivity contribution < 1.29 is 18.4 Å². The van der Waals surface area contributed by atoms with Crippen LogP contribution < -0.4 is 5.32 Å². The van der Waals surface area contributed by atoms with E-state index in [4.69, 9.17) is 4.98 Å². The average Bonchev–Trinajstić information content (AvgIpc) is 3.30. The molecule has 0 bridgehead atoms. The second kappa shape index (κ2) is 9.71. The van der Waals surface area contributed by atoms with Crippen LogP contribution in [0.5, 0.6) is 0 Å². The van der Waals surface area contributed by atoms with Gasteiger partial charge < -0.3 is 10.2 Å². The van der Waals surface area contributed by atoms with Crippen molar-refractivity contribution in [1.82, 2.24) is 15.2 Å². The highest BCUT2D eigenvalue weighted by Crippen LogP contribution is 2.33. The topological polar surface area (TPSA) is 62.3 Å². The first kappa shape index (κ1) is 23.5. The Morgan fingerprint density at radius 3 is 2.59 bits per heavy atom. The maximum absolute atomic E-state index is 14.1. The summed E-state index contributed by atoms with van der Waals surface area (Å²) in [4.78, 5) is 32.6. The van der Waals surface area contributed by atoms with E-state index >= 15 is 0 Å². The molecule has 1 unspecified atom stereocenters. The highest BCUT2D eigenvalue weighted by atomic mass is 19.1. The van der Waals surface area contributed by atoms with Gasteiger partial charge in [0.05, 0.1) is 11.7 Å². The summed E-state index contributed by atoms with van der Waals surface area (Å²) in [6, 6.07) is 17.3. The molecule has 7 heteroatoms. The molecule has 1 atom stereocenters. The molecule has 1 N–H and O–H groups in total. The van der Waals surface area contributed by atoms with Gasteiger partial charge in [0.25, 0.3) is 5.91 Å². The van der Waals surface area contributed by atoms with E-state index in [9.17, 15) is 18.4 Å². The SMILES string of the molecule is CC(C)(NC(=O)c1cccc(F)c1)C(=O)N1CCCC1c1cccc(Cc2ccccc2F)n1. The summed E-state index contributed by atoms with van der Waals surface area (Å²) in [7, 11) is 0. The van der Waals surface area contributed by atoms with E-state index in [1.54, 1.807) is 36.9 Å². The molecule has 1 aliphatic rings. The third-order valence-corrected chi connectivity index (χ3v) is 6.06. The lowest BCUT2D eigenvalue weighted by Crippen LogP contribution is -2.55. The molecule has 0 saturated carbocycles. The van der Waals surface area contributed by atoms with Crippen molar-refractivity contribution in [3.05, 3.63) is 101 Å². The van der Waals surface area contributed by atoms with Gasteiger partial charge in [0, 0.05) is 24.2 Å². The van der Waals surface area contributed by atoms with E-state index in [1.165, 1.54) is 24.3 Å². The van der Waals surface area contributed by atoms with Crippen LogP contribution in [0.4, 0.5) is 8.78 Å². The molecule has 3 aromatic rings. The minimum Gasteiger partial charge on any atom is -0.338 e. The van der Waals surface area contributed by atoms with Crippen LogP contribution in [0.25, 0.3) is 0 Å². The highest BCUT2D eigenvalue weighted by Gasteiger charge is 2.40. The lowest BCUT2D eigenvalue weighted by atomic mass is 10.0. The molecule has 34 heavy (non-hydrogen) atoms. The van der Waals surface area contributed by atoms with Crippen LogP contribution in [0.3, 0.4) is 0 Å². The molecular formula is C27H27F2N3O2. The molecule has 2 amide bonds. The fourth-order valence-corrected chi connectivity index (χ4v) is 4.33. The lowest BCUT2D eigenvalue weighted by Gasteiger charge is -2.33. The molecule has 1 fully saturated rings. The smallest absolute Gasteiger partial charge is 0.252 e. The van der Waals surface area contributed by atoms with Crippen molar-refractivity contribution in [3.8, 4) is 0 Å². The second-order valence-corrected chi connectivity index (χ2v) is 9.07. The zero-order valence-electron chi connectivity index (χ0n) is 19.2. The van der Waals surface area contributed by atoms with Crippen molar-refractivity contribution in [2.75, 3.05) is 6.54 Å². The number of hydrogen-bond acceptors (Lipinski definition) is 3. The lowest BCUT2D eigenvalue weighted by molar-refractivity contribution is -0.137. The van der Waals surface area contributed by atoms with E-state index in [0.29, 0.717) is 18.5 Å². The predicted octanol–water partition coefficient (Wildman–Crippen LogP) is 4.82. The number of amides is 2. The Balaban J connectivity index is 1.51. The molecule has 1 aromatic heterocycles. The van der Waals surface area contributed by atoms with Crippen molar-refractivity contribution >= 4 is 11.8 Å². The van der Waals surface area contributed by atoms with Crippen LogP contribution in [0.2, 0.25) is 0 Å². The van der Waals surface area contributed by atoms with Crippen molar-refractivity contribution in [1.29, 1.82) is 0 Å². The van der Waals surface area contributed by atoms with Gasteiger partial charge in [-0.15, -0.1) is 0 Å². The first-order valence-electron chi connectivity index (χ1n) is 11.3. The summed E-state index contributed by atoms with van der Waals surface area (Å²) in [5, 5.41) is 2.74. The Morgan fingerprint density at radius 2 is 1.82 bits per heavy atom. The van der Waals surface area contributed by atoms with E-state index in [0.717, 1.165) is 30.3 Å². The van der Waals surface area contributed by atoms with E-state index in [2.05, 4.69) is 5.32 Å². The summed E-state index contributed by atoms with van der Waals surface area (Å²) in [6.45, 7) is 3.83. The summed E-state index contributed by atoms with van der Waals surface area (Å²) in [5.74, 6) is -1.54. The maximum atomic E-state index is 14.1. The number of benzene rings is 2. The van der Waals surface area contributed by atoms with Gasteiger partial charge >= 0.3 is 0 Å². The largest absolute Gasteiger partial charge is 0.338 e. The fraction of sp³-hybridized carbons (Fsp3) is 0.296. The van der Waals surface area contributed by atoms with Crippen LogP contribution in [0, 0.1) is 11.6 Å². The van der Waals surface area contributed by atoms with Gasteiger partial charge in [-0.2, -0.15) is 0 Å². The standard InChI is InChI=1S/C27H27F2N3O2/c1-27(2,31-25(33)19-9-5-10-20(28)16-19)26(34)32-15-7-14-24(32)23-13-6-11-21(30-23)17-18-8-3-4-12-22(18)29/h3-6,8-13,16,24H,7,14-15,17H2,1-2H3,(H,31,33). The van der Waals surface area contributed by atoms with E-state index in [-0.39, 0.29) is 23.3 Å². The number of aromatic nitrogens is 1. The Labute approximate surface area is 197 Å². The highest BCUT2D eigenvalue weighted by molar-refractivity contribution is 5.99. The van der Waals surface area contributed by atoms with Gasteiger partial charge in [0.2, 0.25) is 5.91 Å². The third kappa shape index (κ3) is 5.14. The number of nitrogens with one attached hydrogen (secondary N) is 1. The van der Waals surface area contributed by atoms with Crippen LogP contribution in [0.1, 0.15) is 60.0 Å². The third-order valence-electron chi connectivity index (χ3n) is 6.06. The number of halogens is 2. The molecule has 2 heterocycles. The van der Waals surface area contributed by atoms with E-state index in [1.807, 2.05) is 18.2 Å². The Kier molecular flexibility index (Phi) is 6.72. The van der Waals surface area contributed by atoms with Crippen molar-refractivity contribution in [2.24, 2.45) is 0 Å². The number of carbonyl (C=O) groups is 2. The number of hydrogen-bond donors (Lipinski definition) is 1. The summed E-state index contributed by atoms with van der Waals surface area (Å²) in [6.07, 6.45) is 1.91. The van der Waals surface area contributed by atoms with Crippen LogP contribution in [-0.4, -0.2) is 33.8 Å². The number of pyridine rings is 1. The molecule has 1 aliphatic heterocycles. The molecule has 0 spiro atoms. The zero-order valence-corrected chi connectivity index (χ0v) is 19.2. The number of carbonyl (C=O) groups excluding carboxylic acids is 2. The molecular weight excluding hydrogens is 436 g/mol. The molecule has 2 aromatic carbocycles. The maximum Gasteiger partial charge on any atom is 0.252 e. The quantitative estimate of drug-likeness (QED) is 0.570. The summed E-state index contributed by atoms with van der Waals surface area (Å²) in [5.41, 5.74) is 0.984. The monoisotopic (exact) mass is 463 g/mol. The average molecular weight is 464 g/mol. The Hall–Kier alpha value is -3.61. The number of likely N-dealkylation sites (tertiary alicyclic amines) is 1. The number of rotatable bonds is 6. The molecule has 0 radical (unpaired) electrons. The summed E-state index contributed by atoms with van der Waals surface area (Å²) < 4.78 is 27.6. The van der Waals surface area contributed by atoms with Gasteiger partial charge in [0.1, 0.15) is 17.2 Å². The predicted molar refractivity (Wildman–Crippen MR) is 125 cm³/mol. The Morgan fingerprint density at radius 1 is 1.06 bits per heavy atom. The fourth-order valence-electron chi connectivity index (χ4n) is 4.33. The zero-order chi connectivity index (χ0) is 24.3. The molecule has 4 rings (SSSR count). The minimum atomic E-state index is -1.20. The first-order chi connectivity index (χ1) is 16.2. The minimum absolute atomic E-state index is 0.154. The van der Waals surface area contributed by atoms with Gasteiger partial charge in [-0.05, 0) is 68.7 Å². The summed E-state index contributed by atoms with van der Waals surface area (Å²) >= 11 is 0. The van der Waals surface area contributed by atoms with Gasteiger partial charge in [-0.3, -0.25) is 14.6 Å². The normalized spacial score (nSPS) is 15.9. The van der Waals surface area contributed by atoms with Crippen LogP contribution in [-0.2, 0) is 11.2 Å². The molecule has 176 valence electrons. The molecule has 5 nitrogen and oxygen atoms in total. The van der Waals surface area contributed by atoms with Gasteiger partial charge in [0.15, 0.2) is 0 Å². The van der Waals surface area contributed by atoms with Crippen molar-refractivity contribution in [2.45, 2.75) is 44.7 Å². The van der Waals surface area contributed by atoms with E-state index < -0.39 is 17.3 Å². The van der Waals surface area contributed by atoms with Gasteiger partial charge in [-0.25, -0.2) is 8.78 Å². The molecule has 1 saturated heterocycles. The number of nitrogens with zero attached hydrogens (tertiary/aromatic N) is 2. The van der Waals surface area contributed by atoms with Crippen LogP contribution >= 0.6 is 0 Å². The molecule has 0 aliphatic carbocycles. The van der Waals surface area contributed by atoms with Crippen molar-refractivity contribution in [3.63, 3.8) is 0 Å². The van der Waals surface area contributed by atoms with Crippen LogP contribution in [0.15, 0.2) is 66.7 Å². The second-order valence-electron chi connectivity index (χ2n) is 9.07.